The Balaban J connectivity index is 2.00. The lowest BCUT2D eigenvalue weighted by atomic mass is 10.1. The molecule has 0 saturated heterocycles. The lowest BCUT2D eigenvalue weighted by Gasteiger charge is -2.20. The van der Waals surface area contributed by atoms with Crippen molar-refractivity contribution >= 4 is 17.5 Å². The van der Waals surface area contributed by atoms with Gasteiger partial charge in [-0.1, -0.05) is 0 Å². The zero-order valence-electron chi connectivity index (χ0n) is 13.3. The molecule has 6 nitrogen and oxygen atoms in total. The number of nitrogens with zero attached hydrogens (tertiary/aromatic N) is 2. The number of aromatic nitrogens is 2. The number of carbonyl (C=O) groups excluding carboxylic acids is 1. The summed E-state index contributed by atoms with van der Waals surface area (Å²) in [5.74, 6) is 2.82. The predicted octanol–water partition coefficient (Wildman–Crippen LogP) is 2.11. The molecule has 6 heteroatoms. The van der Waals surface area contributed by atoms with Crippen LogP contribution in [0.3, 0.4) is 0 Å². The van der Waals surface area contributed by atoms with E-state index in [1.807, 2.05) is 33.8 Å². The van der Waals surface area contributed by atoms with E-state index in [0.29, 0.717) is 11.7 Å². The van der Waals surface area contributed by atoms with E-state index < -0.39 is 0 Å². The molecule has 1 fully saturated rings. The molecular weight excluding hydrogens is 266 g/mol. The first-order valence-electron chi connectivity index (χ1n) is 7.55. The smallest absolute Gasteiger partial charge is 0.239 e. The van der Waals surface area contributed by atoms with E-state index in [0.717, 1.165) is 31.0 Å². The first kappa shape index (κ1) is 15.5. The normalized spacial score (nSPS) is 14.7. The van der Waals surface area contributed by atoms with Gasteiger partial charge >= 0.3 is 0 Å². The van der Waals surface area contributed by atoms with E-state index in [-0.39, 0.29) is 18.0 Å². The Labute approximate surface area is 126 Å². The molecule has 0 unspecified atom stereocenters. The van der Waals surface area contributed by atoms with Crippen molar-refractivity contribution in [2.75, 3.05) is 23.7 Å². The molecule has 0 atom stereocenters. The van der Waals surface area contributed by atoms with Crippen molar-refractivity contribution in [1.29, 1.82) is 0 Å². The summed E-state index contributed by atoms with van der Waals surface area (Å²) in [6, 6.07) is 1.85. The van der Waals surface area contributed by atoms with Crippen LogP contribution in [0.4, 0.5) is 11.6 Å². The zero-order chi connectivity index (χ0) is 15.5. The van der Waals surface area contributed by atoms with Gasteiger partial charge in [-0.25, -0.2) is 9.97 Å². The summed E-state index contributed by atoms with van der Waals surface area (Å²) in [4.78, 5) is 20.9. The summed E-state index contributed by atoms with van der Waals surface area (Å²) in [7, 11) is 0. The second-order valence-electron chi connectivity index (χ2n) is 6.45. The topological polar surface area (TPSA) is 78.9 Å². The molecule has 0 aromatic carbocycles. The van der Waals surface area contributed by atoms with Crippen LogP contribution in [0.25, 0.3) is 0 Å². The zero-order valence-corrected chi connectivity index (χ0v) is 13.3. The Morgan fingerprint density at radius 3 is 2.38 bits per heavy atom. The summed E-state index contributed by atoms with van der Waals surface area (Å²) in [5.41, 5.74) is -0.224. The van der Waals surface area contributed by atoms with Crippen molar-refractivity contribution < 1.29 is 4.79 Å². The van der Waals surface area contributed by atoms with E-state index >= 15 is 0 Å². The Morgan fingerprint density at radius 1 is 1.24 bits per heavy atom. The van der Waals surface area contributed by atoms with Crippen molar-refractivity contribution in [2.45, 2.75) is 52.0 Å². The van der Waals surface area contributed by atoms with Gasteiger partial charge < -0.3 is 16.0 Å². The average molecular weight is 291 g/mol. The van der Waals surface area contributed by atoms with Gasteiger partial charge in [-0.2, -0.15) is 0 Å². The van der Waals surface area contributed by atoms with Gasteiger partial charge in [-0.15, -0.1) is 0 Å². The molecule has 1 aromatic heterocycles. The summed E-state index contributed by atoms with van der Waals surface area (Å²) < 4.78 is 0. The Kier molecular flexibility index (Phi) is 4.65. The molecule has 0 bridgehead atoms. The van der Waals surface area contributed by atoms with Crippen molar-refractivity contribution in [3.05, 3.63) is 11.9 Å². The van der Waals surface area contributed by atoms with Gasteiger partial charge in [-0.3, -0.25) is 4.79 Å². The van der Waals surface area contributed by atoms with E-state index in [9.17, 15) is 4.79 Å². The maximum Gasteiger partial charge on any atom is 0.239 e. The van der Waals surface area contributed by atoms with Crippen LogP contribution in [0.5, 0.6) is 0 Å². The number of anilines is 2. The van der Waals surface area contributed by atoms with Crippen LogP contribution in [-0.4, -0.2) is 34.5 Å². The molecule has 116 valence electrons. The molecule has 3 N–H and O–H groups in total. The van der Waals surface area contributed by atoms with Crippen molar-refractivity contribution in [1.82, 2.24) is 15.3 Å². The van der Waals surface area contributed by atoms with Crippen LogP contribution in [0.1, 0.15) is 52.3 Å². The molecule has 1 aromatic rings. The summed E-state index contributed by atoms with van der Waals surface area (Å²) in [5, 5.41) is 9.21. The predicted molar refractivity (Wildman–Crippen MR) is 84.6 cm³/mol. The highest BCUT2D eigenvalue weighted by atomic mass is 16.2. The highest BCUT2D eigenvalue weighted by Crippen LogP contribution is 2.38. The minimum atomic E-state index is -0.224. The minimum absolute atomic E-state index is 0.0425. The Bertz CT molecular complexity index is 505. The van der Waals surface area contributed by atoms with Crippen molar-refractivity contribution in [3.8, 4) is 0 Å². The molecule has 2 rings (SSSR count). The molecule has 21 heavy (non-hydrogen) atoms. The monoisotopic (exact) mass is 291 g/mol. The highest BCUT2D eigenvalue weighted by Gasteiger charge is 2.27. The molecule has 1 saturated carbocycles. The van der Waals surface area contributed by atoms with E-state index in [2.05, 4.69) is 25.9 Å². The van der Waals surface area contributed by atoms with Gasteiger partial charge in [0, 0.05) is 24.1 Å². The summed E-state index contributed by atoms with van der Waals surface area (Å²) >= 11 is 0. The lowest BCUT2D eigenvalue weighted by molar-refractivity contribution is -0.120. The molecule has 1 aliphatic rings. The van der Waals surface area contributed by atoms with Gasteiger partial charge in [0.05, 0.1) is 6.54 Å². The lowest BCUT2D eigenvalue weighted by Crippen LogP contribution is -2.43. The maximum absolute atomic E-state index is 11.8. The molecule has 1 heterocycles. The molecule has 0 aliphatic heterocycles. The molecule has 0 spiro atoms. The van der Waals surface area contributed by atoms with E-state index in [4.69, 9.17) is 0 Å². The van der Waals surface area contributed by atoms with Crippen molar-refractivity contribution in [3.63, 3.8) is 0 Å². The molecule has 1 amide bonds. The fraction of sp³-hybridized carbons (Fsp3) is 0.667. The number of amides is 1. The second kappa shape index (κ2) is 6.28. The van der Waals surface area contributed by atoms with Gasteiger partial charge in [0.15, 0.2) is 0 Å². The Hall–Kier alpha value is -1.85. The fourth-order valence-electron chi connectivity index (χ4n) is 1.99. The van der Waals surface area contributed by atoms with E-state index in [1.165, 1.54) is 0 Å². The second-order valence-corrected chi connectivity index (χ2v) is 6.45. The molecule has 0 radical (unpaired) electrons. The number of nitrogens with one attached hydrogen (secondary N) is 3. The standard InChI is InChI=1S/C15H25N5O/c1-5-16-11-8-12(19-14(18-11)10-6-7-10)17-9-13(21)20-15(2,3)4/h8,10H,5-7,9H2,1-4H3,(H,20,21)(H2,16,17,18,19). The maximum atomic E-state index is 11.8. The first-order chi connectivity index (χ1) is 9.87. The number of hydrogen-bond donors (Lipinski definition) is 3. The molecule has 1 aliphatic carbocycles. The van der Waals surface area contributed by atoms with Crippen molar-refractivity contribution in [2.24, 2.45) is 0 Å². The van der Waals surface area contributed by atoms with Gasteiger partial charge in [0.2, 0.25) is 5.91 Å². The van der Waals surface area contributed by atoms with E-state index in [1.54, 1.807) is 0 Å². The van der Waals surface area contributed by atoms with Crippen LogP contribution < -0.4 is 16.0 Å². The third kappa shape index (κ3) is 5.21. The quantitative estimate of drug-likeness (QED) is 0.748. The number of rotatable bonds is 6. The number of hydrogen-bond acceptors (Lipinski definition) is 5. The minimum Gasteiger partial charge on any atom is -0.370 e. The third-order valence-corrected chi connectivity index (χ3v) is 2.99. The largest absolute Gasteiger partial charge is 0.370 e. The fourth-order valence-corrected chi connectivity index (χ4v) is 1.99. The van der Waals surface area contributed by atoms with Crippen LogP contribution in [0.2, 0.25) is 0 Å². The average Bonchev–Trinajstić information content (AvgIpc) is 3.19. The number of carbonyl (C=O) groups is 1. The van der Waals surface area contributed by atoms with Crippen LogP contribution in [0, 0.1) is 0 Å². The summed E-state index contributed by atoms with van der Waals surface area (Å²) in [6.07, 6.45) is 2.30. The summed E-state index contributed by atoms with van der Waals surface area (Å²) in [6.45, 7) is 8.94. The van der Waals surface area contributed by atoms with Crippen LogP contribution in [-0.2, 0) is 4.79 Å². The van der Waals surface area contributed by atoms with Crippen LogP contribution >= 0.6 is 0 Å². The molecular formula is C15H25N5O. The highest BCUT2D eigenvalue weighted by molar-refractivity contribution is 5.81. The first-order valence-corrected chi connectivity index (χ1v) is 7.55. The third-order valence-electron chi connectivity index (χ3n) is 2.99. The van der Waals surface area contributed by atoms with Crippen LogP contribution in [0.15, 0.2) is 6.07 Å². The van der Waals surface area contributed by atoms with Gasteiger partial charge in [-0.05, 0) is 40.5 Å². The van der Waals surface area contributed by atoms with Gasteiger partial charge in [0.1, 0.15) is 17.5 Å². The Morgan fingerprint density at radius 2 is 1.86 bits per heavy atom. The SMILES string of the molecule is CCNc1cc(NCC(=O)NC(C)(C)C)nc(C2CC2)n1. The van der Waals surface area contributed by atoms with Gasteiger partial charge in [0.25, 0.3) is 0 Å².